The van der Waals surface area contributed by atoms with Crippen LogP contribution in [0.2, 0.25) is 0 Å². The minimum absolute atomic E-state index is 0.412. The molecule has 0 aliphatic carbocycles. The fraction of sp³-hybridized carbons (Fsp3) is 1.00. The Morgan fingerprint density at radius 1 is 0.722 bits per heavy atom. The Kier molecular flexibility index (Phi) is 13.0. The summed E-state index contributed by atoms with van der Waals surface area (Å²) in [5.41, 5.74) is 0. The molecule has 0 aliphatic heterocycles. The summed E-state index contributed by atoms with van der Waals surface area (Å²) in [7, 11) is -9.75. The molecule has 0 fully saturated rings. The Balaban J connectivity index is -0.000000197. The fourth-order valence-corrected chi connectivity index (χ4v) is 2.01. The topological polar surface area (TPSA) is 149 Å². The van der Waals surface area contributed by atoms with E-state index in [2.05, 4.69) is 27.4 Å². The highest BCUT2D eigenvalue weighted by molar-refractivity contribution is 7.80. The molecule has 0 saturated heterocycles. The SMILES string of the molecule is CC[P+](C)(CC)CC.O=S(=O)(O)O.O=S(=O)(O)O. The lowest BCUT2D eigenvalue weighted by Crippen LogP contribution is -1.98. The van der Waals surface area contributed by atoms with E-state index < -0.39 is 28.1 Å². The molecular formula is C7H22O8PS2+. The highest BCUT2D eigenvalue weighted by Crippen LogP contribution is 2.53. The summed E-state index contributed by atoms with van der Waals surface area (Å²) in [6.45, 7) is 9.43. The van der Waals surface area contributed by atoms with Crippen LogP contribution in [0.4, 0.5) is 0 Å². The molecule has 8 nitrogen and oxygen atoms in total. The van der Waals surface area contributed by atoms with Crippen LogP contribution in [0.15, 0.2) is 0 Å². The molecule has 4 N–H and O–H groups in total. The van der Waals surface area contributed by atoms with Gasteiger partial charge in [-0.1, -0.05) is 0 Å². The van der Waals surface area contributed by atoms with Gasteiger partial charge in [-0.15, -0.1) is 0 Å². The normalized spacial score (nSPS) is 11.8. The zero-order chi connectivity index (χ0) is 15.6. The summed E-state index contributed by atoms with van der Waals surface area (Å²) in [6.07, 6.45) is 4.29. The van der Waals surface area contributed by atoms with Gasteiger partial charge in [0.2, 0.25) is 0 Å². The first-order chi connectivity index (χ1) is 7.68. The van der Waals surface area contributed by atoms with Crippen molar-refractivity contribution in [3.8, 4) is 0 Å². The first-order valence-electron chi connectivity index (χ1n) is 4.91. The standard InChI is InChI=1S/C7H18P.2H2O4S/c1-5-8(4,6-2)7-3;2*1-5(2,3)4/h5-7H2,1-4H3;2*(H2,1,2,3,4)/q+1;;. The van der Waals surface area contributed by atoms with Crippen LogP contribution < -0.4 is 0 Å². The van der Waals surface area contributed by atoms with E-state index in [0.29, 0.717) is 0 Å². The number of hydrogen-bond acceptors (Lipinski definition) is 4. The van der Waals surface area contributed by atoms with Gasteiger partial charge in [-0.3, -0.25) is 18.2 Å². The molecule has 114 valence electrons. The van der Waals surface area contributed by atoms with Crippen LogP contribution in [-0.2, 0) is 20.8 Å². The quantitative estimate of drug-likeness (QED) is 0.448. The molecule has 0 aromatic heterocycles. The number of hydrogen-bond donors (Lipinski definition) is 4. The summed E-state index contributed by atoms with van der Waals surface area (Å²) >= 11 is 0. The Morgan fingerprint density at radius 2 is 0.833 bits per heavy atom. The molecule has 0 saturated carbocycles. The van der Waals surface area contributed by atoms with Gasteiger partial charge >= 0.3 is 20.8 Å². The van der Waals surface area contributed by atoms with Crippen molar-refractivity contribution in [1.82, 2.24) is 0 Å². The Labute approximate surface area is 109 Å². The lowest BCUT2D eigenvalue weighted by Gasteiger charge is -2.16. The van der Waals surface area contributed by atoms with Crippen molar-refractivity contribution in [2.45, 2.75) is 20.8 Å². The predicted octanol–water partition coefficient (Wildman–Crippen LogP) is 1.39. The van der Waals surface area contributed by atoms with Gasteiger partial charge in [-0.25, -0.2) is 0 Å². The largest absolute Gasteiger partial charge is 0.394 e. The third kappa shape index (κ3) is 44.3. The summed E-state index contributed by atoms with van der Waals surface area (Å²) in [5, 5.41) is 0. The summed E-state index contributed by atoms with van der Waals surface area (Å²) in [4.78, 5) is 0. The van der Waals surface area contributed by atoms with Gasteiger partial charge in [-0.05, 0) is 20.8 Å². The molecule has 0 amide bonds. The van der Waals surface area contributed by atoms with E-state index in [1.165, 1.54) is 18.5 Å². The van der Waals surface area contributed by atoms with Crippen LogP contribution in [0.1, 0.15) is 20.8 Å². The van der Waals surface area contributed by atoms with Gasteiger partial charge in [0, 0.05) is 13.9 Å². The van der Waals surface area contributed by atoms with Crippen molar-refractivity contribution in [2.75, 3.05) is 25.2 Å². The molecular weight excluding hydrogens is 307 g/mol. The van der Waals surface area contributed by atoms with E-state index in [1.807, 2.05) is 0 Å². The smallest absolute Gasteiger partial charge is 0.264 e. The summed E-state index contributed by atoms with van der Waals surface area (Å²) in [6, 6.07) is 0. The van der Waals surface area contributed by atoms with Crippen LogP contribution in [0.25, 0.3) is 0 Å². The van der Waals surface area contributed by atoms with Gasteiger partial charge in [0.15, 0.2) is 0 Å². The van der Waals surface area contributed by atoms with E-state index in [1.54, 1.807) is 0 Å². The Morgan fingerprint density at radius 3 is 0.833 bits per heavy atom. The van der Waals surface area contributed by atoms with Crippen molar-refractivity contribution in [1.29, 1.82) is 0 Å². The average Bonchev–Trinajstić information content (AvgIpc) is 2.11. The van der Waals surface area contributed by atoms with Gasteiger partial charge in [0.1, 0.15) is 0 Å². The second-order valence-electron chi connectivity index (χ2n) is 3.46. The van der Waals surface area contributed by atoms with E-state index >= 15 is 0 Å². The number of rotatable bonds is 3. The molecule has 0 radical (unpaired) electrons. The van der Waals surface area contributed by atoms with E-state index in [0.717, 1.165) is 0 Å². The summed E-state index contributed by atoms with van der Waals surface area (Å²) < 4.78 is 63.2. The maximum Gasteiger partial charge on any atom is 0.394 e. The molecule has 18 heavy (non-hydrogen) atoms. The highest BCUT2D eigenvalue weighted by Gasteiger charge is 2.22. The van der Waals surface area contributed by atoms with Gasteiger partial charge in [0.05, 0.1) is 18.5 Å². The van der Waals surface area contributed by atoms with Crippen LogP contribution in [0.5, 0.6) is 0 Å². The third-order valence-corrected chi connectivity index (χ3v) is 6.87. The van der Waals surface area contributed by atoms with Crippen molar-refractivity contribution in [3.05, 3.63) is 0 Å². The first-order valence-corrected chi connectivity index (χ1v) is 10.5. The molecule has 0 spiro atoms. The summed E-state index contributed by atoms with van der Waals surface area (Å²) in [5.74, 6) is 0. The van der Waals surface area contributed by atoms with Crippen molar-refractivity contribution < 1.29 is 35.0 Å². The van der Waals surface area contributed by atoms with Crippen molar-refractivity contribution >= 4 is 28.1 Å². The van der Waals surface area contributed by atoms with Gasteiger partial charge in [0.25, 0.3) is 0 Å². The Bertz CT molecular complexity index is 329. The maximum atomic E-state index is 8.74. The molecule has 0 heterocycles. The lowest BCUT2D eigenvalue weighted by molar-refractivity contribution is 0.378. The molecule has 0 aromatic carbocycles. The second kappa shape index (κ2) is 10.0. The van der Waals surface area contributed by atoms with Crippen LogP contribution >= 0.6 is 7.26 Å². The van der Waals surface area contributed by atoms with E-state index in [-0.39, 0.29) is 0 Å². The van der Waals surface area contributed by atoms with E-state index in [4.69, 9.17) is 35.0 Å². The molecule has 0 atom stereocenters. The van der Waals surface area contributed by atoms with Crippen LogP contribution in [-0.4, -0.2) is 60.2 Å². The fourth-order valence-electron chi connectivity index (χ4n) is 0.671. The average molecular weight is 329 g/mol. The minimum atomic E-state index is -4.67. The van der Waals surface area contributed by atoms with Crippen molar-refractivity contribution in [3.63, 3.8) is 0 Å². The van der Waals surface area contributed by atoms with E-state index in [9.17, 15) is 0 Å². The molecule has 0 aromatic rings. The van der Waals surface area contributed by atoms with Crippen LogP contribution in [0.3, 0.4) is 0 Å². The third-order valence-electron chi connectivity index (χ3n) is 2.29. The Hall–Kier alpha value is 0.170. The molecule has 11 heteroatoms. The zero-order valence-electron chi connectivity index (χ0n) is 10.8. The monoisotopic (exact) mass is 329 g/mol. The molecule has 0 unspecified atom stereocenters. The van der Waals surface area contributed by atoms with Crippen LogP contribution in [0, 0.1) is 0 Å². The maximum absolute atomic E-state index is 8.74. The molecule has 0 rings (SSSR count). The molecule has 0 bridgehead atoms. The minimum Gasteiger partial charge on any atom is -0.264 e. The van der Waals surface area contributed by atoms with Gasteiger partial charge in [-0.2, -0.15) is 16.8 Å². The predicted molar refractivity (Wildman–Crippen MR) is 72.8 cm³/mol. The van der Waals surface area contributed by atoms with Gasteiger partial charge < -0.3 is 0 Å². The zero-order valence-corrected chi connectivity index (χ0v) is 13.3. The van der Waals surface area contributed by atoms with Crippen molar-refractivity contribution in [2.24, 2.45) is 0 Å². The highest BCUT2D eigenvalue weighted by atomic mass is 32.3. The first kappa shape index (κ1) is 23.3. The lowest BCUT2D eigenvalue weighted by atomic mass is 10.9. The molecule has 0 aliphatic rings. The second-order valence-corrected chi connectivity index (χ2v) is 10.4.